The van der Waals surface area contributed by atoms with Gasteiger partial charge in [-0.2, -0.15) is 0 Å². The van der Waals surface area contributed by atoms with Gasteiger partial charge < -0.3 is 5.32 Å². The molecule has 3 heterocycles. The van der Waals surface area contributed by atoms with E-state index in [0.717, 1.165) is 0 Å². The lowest BCUT2D eigenvalue weighted by molar-refractivity contribution is 0.644. The quantitative estimate of drug-likeness (QED) is 0.697. The van der Waals surface area contributed by atoms with Gasteiger partial charge in [0.2, 0.25) is 0 Å². The lowest BCUT2D eigenvalue weighted by atomic mass is 10.4. The Morgan fingerprint density at radius 1 is 1.26 bits per heavy atom. The van der Waals surface area contributed by atoms with Gasteiger partial charge in [-0.05, 0) is 0 Å². The highest BCUT2D eigenvalue weighted by Gasteiger charge is 2.07. The average molecular weight is 257 g/mol. The molecule has 0 amide bonds. The van der Waals surface area contributed by atoms with Gasteiger partial charge in [0.05, 0.1) is 30.8 Å². The number of hydrogen-bond donors (Lipinski definition) is 1. The van der Waals surface area contributed by atoms with E-state index in [2.05, 4.69) is 25.4 Å². The molecule has 3 rings (SSSR count). The van der Waals surface area contributed by atoms with Crippen molar-refractivity contribution in [2.24, 2.45) is 0 Å². The van der Waals surface area contributed by atoms with Crippen molar-refractivity contribution in [3.8, 4) is 0 Å². The van der Waals surface area contributed by atoms with Crippen molar-refractivity contribution >= 4 is 11.5 Å². The summed E-state index contributed by atoms with van der Waals surface area (Å²) in [5.74, 6) is 0.676. The molecule has 0 fully saturated rings. The van der Waals surface area contributed by atoms with Gasteiger partial charge in [0.15, 0.2) is 5.65 Å². The van der Waals surface area contributed by atoms with Crippen molar-refractivity contribution in [1.82, 2.24) is 29.1 Å². The topological polar surface area (TPSA) is 90.0 Å². The minimum atomic E-state index is -0.225. The summed E-state index contributed by atoms with van der Waals surface area (Å²) >= 11 is 0. The molecule has 0 aliphatic rings. The molecule has 3 aromatic heterocycles. The van der Waals surface area contributed by atoms with Crippen LogP contribution in [0.2, 0.25) is 0 Å². The highest BCUT2D eigenvalue weighted by atomic mass is 16.2. The molecule has 96 valence electrons. The van der Waals surface area contributed by atoms with Crippen molar-refractivity contribution in [2.45, 2.75) is 6.54 Å². The van der Waals surface area contributed by atoms with Crippen molar-refractivity contribution in [2.75, 3.05) is 12.4 Å². The summed E-state index contributed by atoms with van der Waals surface area (Å²) in [5.41, 5.74) is 0.946. The van der Waals surface area contributed by atoms with Crippen molar-refractivity contribution in [3.63, 3.8) is 0 Å². The molecule has 0 atom stereocenters. The maximum atomic E-state index is 12.0. The first-order valence-corrected chi connectivity index (χ1v) is 5.66. The molecule has 8 nitrogen and oxygen atoms in total. The van der Waals surface area contributed by atoms with Crippen LogP contribution in [0.25, 0.3) is 5.65 Å². The third-order valence-electron chi connectivity index (χ3n) is 2.66. The number of fused-ring (bicyclic) bond motifs is 1. The van der Waals surface area contributed by atoms with E-state index < -0.39 is 0 Å². The SMILES string of the molecule is CNc1cnc(Cn2nc3cnccn3c2=O)cn1. The third-order valence-corrected chi connectivity index (χ3v) is 2.66. The van der Waals surface area contributed by atoms with Gasteiger partial charge in [-0.1, -0.05) is 0 Å². The lowest BCUT2D eigenvalue weighted by Crippen LogP contribution is -2.22. The third kappa shape index (κ3) is 2.03. The van der Waals surface area contributed by atoms with E-state index in [0.29, 0.717) is 17.2 Å². The molecule has 0 unspecified atom stereocenters. The van der Waals surface area contributed by atoms with Crippen LogP contribution in [0.1, 0.15) is 5.69 Å². The Morgan fingerprint density at radius 2 is 2.16 bits per heavy atom. The standard InChI is InChI=1S/C11H11N7O/c1-12-9-5-14-8(4-15-9)7-18-11(19)17-3-2-13-6-10(17)16-18/h2-6H,7H2,1H3,(H,12,15). The molecule has 1 N–H and O–H groups in total. The van der Waals surface area contributed by atoms with Crippen molar-refractivity contribution < 1.29 is 0 Å². The van der Waals surface area contributed by atoms with Crippen LogP contribution in [-0.2, 0) is 6.54 Å². The summed E-state index contributed by atoms with van der Waals surface area (Å²) in [6.45, 7) is 0.275. The zero-order valence-electron chi connectivity index (χ0n) is 10.2. The van der Waals surface area contributed by atoms with Gasteiger partial charge in [0, 0.05) is 19.4 Å². The number of nitrogens with zero attached hydrogens (tertiary/aromatic N) is 6. The van der Waals surface area contributed by atoms with Crippen LogP contribution in [0, 0.1) is 0 Å². The molecule has 0 aliphatic heterocycles. The fraction of sp³-hybridized carbons (Fsp3) is 0.182. The van der Waals surface area contributed by atoms with E-state index in [-0.39, 0.29) is 12.2 Å². The molecule has 19 heavy (non-hydrogen) atoms. The van der Waals surface area contributed by atoms with Crippen LogP contribution in [0.5, 0.6) is 0 Å². The number of aromatic nitrogens is 6. The summed E-state index contributed by atoms with van der Waals surface area (Å²) in [5, 5.41) is 7.05. The summed E-state index contributed by atoms with van der Waals surface area (Å²) in [4.78, 5) is 24.3. The molecular formula is C11H11N7O. The fourth-order valence-electron chi connectivity index (χ4n) is 1.70. The molecule has 0 saturated carbocycles. The Labute approximate surface area is 107 Å². The average Bonchev–Trinajstić information content (AvgIpc) is 2.77. The van der Waals surface area contributed by atoms with Crippen LogP contribution in [0.15, 0.2) is 35.8 Å². The summed E-state index contributed by atoms with van der Waals surface area (Å²) in [6, 6.07) is 0. The second-order valence-corrected chi connectivity index (χ2v) is 3.89. The predicted octanol–water partition coefficient (Wildman–Crippen LogP) is -0.229. The summed E-state index contributed by atoms with van der Waals surface area (Å²) in [7, 11) is 1.77. The Morgan fingerprint density at radius 3 is 2.84 bits per heavy atom. The Hall–Kier alpha value is -2.77. The van der Waals surface area contributed by atoms with Crippen LogP contribution in [0.4, 0.5) is 5.82 Å². The van der Waals surface area contributed by atoms with E-state index in [1.807, 2.05) is 0 Å². The molecule has 8 heteroatoms. The molecule has 0 aromatic carbocycles. The van der Waals surface area contributed by atoms with Gasteiger partial charge >= 0.3 is 5.69 Å². The van der Waals surface area contributed by atoms with E-state index in [1.165, 1.54) is 15.3 Å². The number of rotatable bonds is 3. The van der Waals surface area contributed by atoms with Gasteiger partial charge in [0.1, 0.15) is 5.82 Å². The zero-order chi connectivity index (χ0) is 13.2. The highest BCUT2D eigenvalue weighted by Crippen LogP contribution is 2.01. The summed E-state index contributed by atoms with van der Waals surface area (Å²) in [6.07, 6.45) is 7.88. The predicted molar refractivity (Wildman–Crippen MR) is 67.9 cm³/mol. The van der Waals surface area contributed by atoms with Gasteiger partial charge in [-0.25, -0.2) is 18.9 Å². The molecule has 0 radical (unpaired) electrons. The number of anilines is 1. The molecule has 0 aliphatic carbocycles. The largest absolute Gasteiger partial charge is 0.372 e. The van der Waals surface area contributed by atoms with E-state index >= 15 is 0 Å². The molecular weight excluding hydrogens is 246 g/mol. The second-order valence-electron chi connectivity index (χ2n) is 3.89. The Bertz CT molecular complexity index is 759. The highest BCUT2D eigenvalue weighted by molar-refractivity contribution is 5.32. The summed E-state index contributed by atoms with van der Waals surface area (Å²) < 4.78 is 2.77. The van der Waals surface area contributed by atoms with Crippen molar-refractivity contribution in [3.05, 3.63) is 47.2 Å². The molecule has 0 saturated heterocycles. The minimum Gasteiger partial charge on any atom is -0.372 e. The van der Waals surface area contributed by atoms with Gasteiger partial charge in [0.25, 0.3) is 0 Å². The Kier molecular flexibility index (Phi) is 2.67. The maximum absolute atomic E-state index is 12.0. The van der Waals surface area contributed by atoms with E-state index in [4.69, 9.17) is 0 Å². The smallest absolute Gasteiger partial charge is 0.350 e. The molecule has 0 bridgehead atoms. The van der Waals surface area contributed by atoms with E-state index in [9.17, 15) is 4.79 Å². The van der Waals surface area contributed by atoms with Gasteiger partial charge in [-0.15, -0.1) is 5.10 Å². The second kappa shape index (κ2) is 4.48. The molecule has 3 aromatic rings. The Balaban J connectivity index is 1.96. The normalized spacial score (nSPS) is 10.8. The van der Waals surface area contributed by atoms with Crippen LogP contribution < -0.4 is 11.0 Å². The minimum absolute atomic E-state index is 0.225. The molecule has 0 spiro atoms. The maximum Gasteiger partial charge on any atom is 0.350 e. The zero-order valence-corrected chi connectivity index (χ0v) is 10.2. The fourth-order valence-corrected chi connectivity index (χ4v) is 1.70. The number of nitrogens with one attached hydrogen (secondary N) is 1. The lowest BCUT2D eigenvalue weighted by Gasteiger charge is -2.01. The van der Waals surface area contributed by atoms with Crippen molar-refractivity contribution in [1.29, 1.82) is 0 Å². The first-order valence-electron chi connectivity index (χ1n) is 5.66. The monoisotopic (exact) mass is 257 g/mol. The van der Waals surface area contributed by atoms with Crippen LogP contribution in [0.3, 0.4) is 0 Å². The van der Waals surface area contributed by atoms with Gasteiger partial charge in [-0.3, -0.25) is 9.97 Å². The first kappa shape index (κ1) is 11.3. The van der Waals surface area contributed by atoms with Crippen LogP contribution >= 0.6 is 0 Å². The first-order chi connectivity index (χ1) is 9.28. The number of hydrogen-bond acceptors (Lipinski definition) is 6. The van der Waals surface area contributed by atoms with E-state index in [1.54, 1.807) is 31.8 Å². The van der Waals surface area contributed by atoms with Crippen LogP contribution in [-0.4, -0.2) is 36.2 Å².